The molecule has 1 aliphatic rings. The van der Waals surface area contributed by atoms with Crippen molar-refractivity contribution in [2.24, 2.45) is 0 Å². The summed E-state index contributed by atoms with van der Waals surface area (Å²) < 4.78 is 5.36. The van der Waals surface area contributed by atoms with E-state index in [4.69, 9.17) is 16.0 Å². The number of hydrogen-bond donors (Lipinski definition) is 1. The predicted molar refractivity (Wildman–Crippen MR) is 85.1 cm³/mol. The normalized spacial score (nSPS) is 14.3. The Labute approximate surface area is 131 Å². The molecule has 3 aromatic rings. The molecule has 0 saturated heterocycles. The minimum absolute atomic E-state index is 0.294. The molecule has 0 fully saturated rings. The molecule has 1 N–H and O–H groups in total. The van der Waals surface area contributed by atoms with E-state index in [1.807, 2.05) is 12.1 Å². The second-order valence-corrected chi connectivity index (χ2v) is 6.59. The van der Waals surface area contributed by atoms with Gasteiger partial charge in [0.1, 0.15) is 16.4 Å². The van der Waals surface area contributed by atoms with Gasteiger partial charge in [-0.2, -0.15) is 0 Å². The Bertz CT molecular complexity index is 782. The second kappa shape index (κ2) is 5.31. The Balaban J connectivity index is 1.77. The van der Waals surface area contributed by atoms with Crippen LogP contribution in [-0.2, 0) is 19.4 Å². The molecule has 4 rings (SSSR count). The first-order chi connectivity index (χ1) is 10.3. The van der Waals surface area contributed by atoms with Gasteiger partial charge in [-0.3, -0.25) is 0 Å². The number of fused-ring (bicyclic) bond motifs is 3. The summed E-state index contributed by atoms with van der Waals surface area (Å²) in [7, 11) is 0. The lowest BCUT2D eigenvalue weighted by molar-refractivity contribution is 0.518. The number of hydrogen-bond acceptors (Lipinski definition) is 5. The van der Waals surface area contributed by atoms with E-state index in [9.17, 15) is 0 Å². The molecule has 4 nitrogen and oxygen atoms in total. The molecule has 3 heterocycles. The fourth-order valence-corrected chi connectivity index (χ4v) is 4.32. The molecule has 0 aromatic carbocycles. The molecule has 0 unspecified atom stereocenters. The van der Waals surface area contributed by atoms with Gasteiger partial charge in [0.15, 0.2) is 0 Å². The van der Waals surface area contributed by atoms with E-state index < -0.39 is 0 Å². The number of anilines is 1. The monoisotopic (exact) mass is 319 g/mol. The van der Waals surface area contributed by atoms with Crippen LogP contribution in [0.2, 0.25) is 5.28 Å². The molecule has 21 heavy (non-hydrogen) atoms. The second-order valence-electron chi connectivity index (χ2n) is 5.17. The highest BCUT2D eigenvalue weighted by Crippen LogP contribution is 2.39. The highest BCUT2D eigenvalue weighted by molar-refractivity contribution is 7.19. The molecular weight excluding hydrogens is 306 g/mol. The average Bonchev–Trinajstić information content (AvgIpc) is 3.11. The lowest BCUT2D eigenvalue weighted by Gasteiger charge is -2.12. The van der Waals surface area contributed by atoms with E-state index in [2.05, 4.69) is 15.3 Å². The standard InChI is InChI=1S/C15H14ClN3OS/c16-15-18-13(17-8-9-4-3-7-20-9)12-10-5-1-2-6-11(10)21-14(12)19-15/h3-4,7H,1-2,5-6,8H2,(H,17,18,19). The Morgan fingerprint density at radius 2 is 2.19 bits per heavy atom. The zero-order chi connectivity index (χ0) is 14.2. The fourth-order valence-electron chi connectivity index (χ4n) is 2.84. The van der Waals surface area contributed by atoms with Crippen molar-refractivity contribution in [2.75, 3.05) is 5.32 Å². The van der Waals surface area contributed by atoms with Gasteiger partial charge in [-0.15, -0.1) is 11.3 Å². The molecule has 0 bridgehead atoms. The number of halogens is 1. The third-order valence-corrected chi connectivity index (χ3v) is 5.15. The van der Waals surface area contributed by atoms with Crippen molar-refractivity contribution in [1.82, 2.24) is 9.97 Å². The Hall–Kier alpha value is -1.59. The molecule has 0 atom stereocenters. The molecule has 3 aromatic heterocycles. The molecular formula is C15H14ClN3OS. The first-order valence-electron chi connectivity index (χ1n) is 7.05. The summed E-state index contributed by atoms with van der Waals surface area (Å²) in [6.07, 6.45) is 6.42. The smallest absolute Gasteiger partial charge is 0.225 e. The van der Waals surface area contributed by atoms with E-state index in [0.717, 1.165) is 34.6 Å². The van der Waals surface area contributed by atoms with Crippen LogP contribution >= 0.6 is 22.9 Å². The molecule has 1 aliphatic carbocycles. The van der Waals surface area contributed by atoms with E-state index in [1.165, 1.54) is 23.3 Å². The van der Waals surface area contributed by atoms with Gasteiger partial charge < -0.3 is 9.73 Å². The number of furan rings is 1. The number of aryl methyl sites for hydroxylation is 2. The van der Waals surface area contributed by atoms with Crippen molar-refractivity contribution in [3.05, 3.63) is 39.9 Å². The molecule has 0 saturated carbocycles. The number of nitrogens with one attached hydrogen (secondary N) is 1. The Morgan fingerprint density at radius 1 is 1.29 bits per heavy atom. The van der Waals surface area contributed by atoms with Crippen LogP contribution in [0.1, 0.15) is 29.0 Å². The number of aromatic nitrogens is 2. The Morgan fingerprint density at radius 3 is 3.05 bits per heavy atom. The Kier molecular flexibility index (Phi) is 3.31. The van der Waals surface area contributed by atoms with Crippen molar-refractivity contribution in [1.29, 1.82) is 0 Å². The average molecular weight is 320 g/mol. The first kappa shape index (κ1) is 13.1. The number of thiophene rings is 1. The van der Waals surface area contributed by atoms with E-state index in [0.29, 0.717) is 11.8 Å². The topological polar surface area (TPSA) is 51.0 Å². The number of nitrogens with zero attached hydrogens (tertiary/aromatic N) is 2. The molecule has 0 aliphatic heterocycles. The van der Waals surface area contributed by atoms with Crippen LogP contribution in [0.5, 0.6) is 0 Å². The van der Waals surface area contributed by atoms with Crippen LogP contribution < -0.4 is 5.32 Å². The van der Waals surface area contributed by atoms with Gasteiger partial charge in [0.05, 0.1) is 18.2 Å². The molecule has 0 spiro atoms. The maximum Gasteiger partial charge on any atom is 0.225 e. The van der Waals surface area contributed by atoms with Gasteiger partial charge in [-0.05, 0) is 55.0 Å². The first-order valence-corrected chi connectivity index (χ1v) is 8.25. The zero-order valence-corrected chi connectivity index (χ0v) is 12.9. The van der Waals surface area contributed by atoms with Crippen LogP contribution in [0.25, 0.3) is 10.2 Å². The lowest BCUT2D eigenvalue weighted by atomic mass is 9.97. The summed E-state index contributed by atoms with van der Waals surface area (Å²) >= 11 is 7.82. The van der Waals surface area contributed by atoms with Crippen molar-refractivity contribution >= 4 is 39.0 Å². The zero-order valence-electron chi connectivity index (χ0n) is 11.4. The summed E-state index contributed by atoms with van der Waals surface area (Å²) in [4.78, 5) is 11.2. The number of rotatable bonds is 3. The third kappa shape index (κ3) is 2.40. The van der Waals surface area contributed by atoms with Gasteiger partial charge >= 0.3 is 0 Å². The molecule has 108 valence electrons. The minimum atomic E-state index is 0.294. The molecule has 0 amide bonds. The lowest BCUT2D eigenvalue weighted by Crippen LogP contribution is -2.04. The van der Waals surface area contributed by atoms with E-state index in [1.54, 1.807) is 17.6 Å². The van der Waals surface area contributed by atoms with E-state index >= 15 is 0 Å². The maximum absolute atomic E-state index is 6.07. The van der Waals surface area contributed by atoms with Gasteiger partial charge in [0, 0.05) is 4.88 Å². The minimum Gasteiger partial charge on any atom is -0.467 e. The van der Waals surface area contributed by atoms with Crippen LogP contribution in [0.15, 0.2) is 22.8 Å². The molecule has 6 heteroatoms. The summed E-state index contributed by atoms with van der Waals surface area (Å²) in [5, 5.41) is 4.78. The third-order valence-electron chi connectivity index (χ3n) is 3.80. The van der Waals surface area contributed by atoms with Gasteiger partial charge in [0.2, 0.25) is 5.28 Å². The summed E-state index contributed by atoms with van der Waals surface area (Å²) in [5.41, 5.74) is 1.40. The van der Waals surface area contributed by atoms with Gasteiger partial charge in [-0.1, -0.05) is 0 Å². The summed E-state index contributed by atoms with van der Waals surface area (Å²) in [5.74, 6) is 1.70. The highest BCUT2D eigenvalue weighted by Gasteiger charge is 2.20. The fraction of sp³-hybridized carbons (Fsp3) is 0.333. The van der Waals surface area contributed by atoms with Crippen molar-refractivity contribution < 1.29 is 4.42 Å². The van der Waals surface area contributed by atoms with Crippen molar-refractivity contribution in [3.63, 3.8) is 0 Å². The van der Waals surface area contributed by atoms with Crippen LogP contribution in [0, 0.1) is 0 Å². The SMILES string of the molecule is Clc1nc(NCc2ccco2)c2c3c(sc2n1)CCCC3. The predicted octanol–water partition coefficient (Wildman–Crippen LogP) is 4.43. The van der Waals surface area contributed by atoms with Gasteiger partial charge in [0.25, 0.3) is 0 Å². The quantitative estimate of drug-likeness (QED) is 0.726. The summed E-state index contributed by atoms with van der Waals surface area (Å²) in [6, 6.07) is 3.82. The van der Waals surface area contributed by atoms with Crippen LogP contribution in [0.4, 0.5) is 5.82 Å². The van der Waals surface area contributed by atoms with Crippen LogP contribution in [-0.4, -0.2) is 9.97 Å². The molecule has 0 radical (unpaired) electrons. The summed E-state index contributed by atoms with van der Waals surface area (Å²) in [6.45, 7) is 0.597. The van der Waals surface area contributed by atoms with Crippen LogP contribution in [0.3, 0.4) is 0 Å². The largest absolute Gasteiger partial charge is 0.467 e. The van der Waals surface area contributed by atoms with Crippen molar-refractivity contribution in [2.45, 2.75) is 32.2 Å². The van der Waals surface area contributed by atoms with E-state index in [-0.39, 0.29) is 0 Å². The van der Waals surface area contributed by atoms with Crippen molar-refractivity contribution in [3.8, 4) is 0 Å². The van der Waals surface area contributed by atoms with Gasteiger partial charge in [-0.25, -0.2) is 9.97 Å². The maximum atomic E-state index is 6.07. The highest BCUT2D eigenvalue weighted by atomic mass is 35.5.